The van der Waals surface area contributed by atoms with Gasteiger partial charge in [-0.1, -0.05) is 0 Å². The van der Waals surface area contributed by atoms with Gasteiger partial charge in [-0.25, -0.2) is 5.90 Å². The van der Waals surface area contributed by atoms with E-state index >= 15 is 0 Å². The maximum atomic E-state index is 4.90. The molecule has 0 spiro atoms. The molecule has 0 amide bonds. The molecule has 0 aliphatic carbocycles. The molecule has 0 fully saturated rings. The molecule has 3 nitrogen and oxygen atoms in total. The lowest BCUT2D eigenvalue weighted by Gasteiger charge is -2.00. The van der Waals surface area contributed by atoms with Crippen LogP contribution in [0.3, 0.4) is 0 Å². The molecule has 1 heterocycles. The Balaban J connectivity index is 2.62. The van der Waals surface area contributed by atoms with Gasteiger partial charge < -0.3 is 4.84 Å². The van der Waals surface area contributed by atoms with Crippen molar-refractivity contribution in [3.8, 4) is 0 Å². The molecule has 2 N–H and O–H groups in total. The smallest absolute Gasteiger partial charge is 0.0720 e. The van der Waals surface area contributed by atoms with Gasteiger partial charge in [0.1, 0.15) is 0 Å². The van der Waals surface area contributed by atoms with Gasteiger partial charge in [-0.15, -0.1) is 0 Å². The Hall–Kier alpha value is -0.450. The van der Waals surface area contributed by atoms with Crippen molar-refractivity contribution in [3.63, 3.8) is 0 Å². The SMILES string of the molecule is NOCCc1ccncc1Br. The Morgan fingerprint density at radius 1 is 1.64 bits per heavy atom. The molecule has 0 aromatic carbocycles. The van der Waals surface area contributed by atoms with E-state index in [2.05, 4.69) is 25.8 Å². The molecule has 1 aromatic rings. The molecule has 0 saturated heterocycles. The summed E-state index contributed by atoms with van der Waals surface area (Å²) < 4.78 is 0.997. The third-order valence-corrected chi connectivity index (χ3v) is 2.06. The molecule has 0 aliphatic heterocycles. The third kappa shape index (κ3) is 2.57. The summed E-state index contributed by atoms with van der Waals surface area (Å²) in [6, 6.07) is 1.93. The fourth-order valence-corrected chi connectivity index (χ4v) is 1.22. The highest BCUT2D eigenvalue weighted by Crippen LogP contribution is 2.14. The molecule has 4 heteroatoms. The number of hydrogen-bond acceptors (Lipinski definition) is 3. The van der Waals surface area contributed by atoms with Crippen LogP contribution in [-0.2, 0) is 11.3 Å². The number of halogens is 1. The van der Waals surface area contributed by atoms with E-state index in [1.165, 1.54) is 0 Å². The molecular weight excluding hydrogens is 208 g/mol. The van der Waals surface area contributed by atoms with E-state index in [0.717, 1.165) is 16.5 Å². The minimum Gasteiger partial charge on any atom is -0.304 e. The van der Waals surface area contributed by atoms with Gasteiger partial charge in [0.05, 0.1) is 6.61 Å². The number of rotatable bonds is 3. The van der Waals surface area contributed by atoms with E-state index in [9.17, 15) is 0 Å². The first-order chi connectivity index (χ1) is 5.34. The average Bonchev–Trinajstić information content (AvgIpc) is 2.03. The predicted octanol–water partition coefficient (Wildman–Crippen LogP) is 1.28. The molecule has 1 rings (SSSR count). The van der Waals surface area contributed by atoms with Crippen LogP contribution in [0, 0.1) is 0 Å². The molecule has 0 bridgehead atoms. The van der Waals surface area contributed by atoms with Crippen molar-refractivity contribution in [2.45, 2.75) is 6.42 Å². The van der Waals surface area contributed by atoms with E-state index < -0.39 is 0 Å². The second-order valence-electron chi connectivity index (χ2n) is 2.09. The summed E-state index contributed by atoms with van der Waals surface area (Å²) in [6.45, 7) is 0.530. The quantitative estimate of drug-likeness (QED) is 0.775. The lowest BCUT2D eigenvalue weighted by Crippen LogP contribution is -2.04. The van der Waals surface area contributed by atoms with Crippen LogP contribution in [0.4, 0.5) is 0 Å². The molecule has 1 aromatic heterocycles. The molecule has 11 heavy (non-hydrogen) atoms. The van der Waals surface area contributed by atoms with Crippen LogP contribution in [0.25, 0.3) is 0 Å². The van der Waals surface area contributed by atoms with E-state index in [4.69, 9.17) is 5.90 Å². The van der Waals surface area contributed by atoms with Gasteiger partial charge >= 0.3 is 0 Å². The van der Waals surface area contributed by atoms with Crippen molar-refractivity contribution in [2.24, 2.45) is 5.90 Å². The third-order valence-electron chi connectivity index (χ3n) is 1.35. The van der Waals surface area contributed by atoms with Crippen molar-refractivity contribution >= 4 is 15.9 Å². The summed E-state index contributed by atoms with van der Waals surface area (Å²) in [4.78, 5) is 8.39. The Kier molecular flexibility index (Phi) is 3.48. The molecule has 60 valence electrons. The van der Waals surface area contributed by atoms with Gasteiger partial charge in [-0.05, 0) is 34.0 Å². The number of nitrogens with zero attached hydrogens (tertiary/aromatic N) is 1. The average molecular weight is 217 g/mol. The van der Waals surface area contributed by atoms with Gasteiger partial charge in [-0.3, -0.25) is 4.98 Å². The summed E-state index contributed by atoms with van der Waals surface area (Å²) >= 11 is 3.37. The van der Waals surface area contributed by atoms with Crippen molar-refractivity contribution in [2.75, 3.05) is 6.61 Å². The van der Waals surface area contributed by atoms with E-state index in [-0.39, 0.29) is 0 Å². The Labute approximate surface area is 73.7 Å². The first-order valence-corrected chi connectivity index (χ1v) is 4.04. The fourth-order valence-electron chi connectivity index (χ4n) is 0.776. The van der Waals surface area contributed by atoms with Crippen LogP contribution in [0.5, 0.6) is 0 Å². The zero-order valence-electron chi connectivity index (χ0n) is 5.96. The van der Waals surface area contributed by atoms with Crippen molar-refractivity contribution in [1.82, 2.24) is 4.98 Å². The Morgan fingerprint density at radius 3 is 3.09 bits per heavy atom. The van der Waals surface area contributed by atoms with E-state index in [1.807, 2.05) is 6.07 Å². The molecule has 0 radical (unpaired) electrons. The zero-order chi connectivity index (χ0) is 8.10. The van der Waals surface area contributed by atoms with Crippen molar-refractivity contribution in [3.05, 3.63) is 28.5 Å². The zero-order valence-corrected chi connectivity index (χ0v) is 7.54. The number of hydrogen-bond donors (Lipinski definition) is 1. The van der Waals surface area contributed by atoms with Crippen LogP contribution < -0.4 is 5.90 Å². The number of aromatic nitrogens is 1. The highest BCUT2D eigenvalue weighted by Gasteiger charge is 1.97. The Morgan fingerprint density at radius 2 is 2.45 bits per heavy atom. The first kappa shape index (κ1) is 8.64. The lowest BCUT2D eigenvalue weighted by atomic mass is 10.2. The van der Waals surface area contributed by atoms with Gasteiger partial charge in [0.2, 0.25) is 0 Å². The largest absolute Gasteiger partial charge is 0.304 e. The minimum absolute atomic E-state index is 0.530. The van der Waals surface area contributed by atoms with Gasteiger partial charge in [0, 0.05) is 16.9 Å². The topological polar surface area (TPSA) is 48.1 Å². The van der Waals surface area contributed by atoms with E-state index in [0.29, 0.717) is 6.61 Å². The summed E-state index contributed by atoms with van der Waals surface area (Å²) in [7, 11) is 0. The van der Waals surface area contributed by atoms with E-state index in [1.54, 1.807) is 12.4 Å². The summed E-state index contributed by atoms with van der Waals surface area (Å²) in [5, 5.41) is 0. The fraction of sp³-hybridized carbons (Fsp3) is 0.286. The van der Waals surface area contributed by atoms with Crippen LogP contribution in [0.1, 0.15) is 5.56 Å². The molecule has 0 unspecified atom stereocenters. The summed E-state index contributed by atoms with van der Waals surface area (Å²) in [5.74, 6) is 4.90. The second-order valence-corrected chi connectivity index (χ2v) is 2.94. The standard InChI is InChI=1S/C7H9BrN2O/c8-7-5-10-3-1-6(7)2-4-11-9/h1,3,5H,2,4,9H2. The first-order valence-electron chi connectivity index (χ1n) is 3.24. The molecule has 0 atom stereocenters. The molecule has 0 aliphatic rings. The van der Waals surface area contributed by atoms with Crippen LogP contribution in [0.15, 0.2) is 22.9 Å². The lowest BCUT2D eigenvalue weighted by molar-refractivity contribution is 0.141. The van der Waals surface area contributed by atoms with Gasteiger partial charge in [-0.2, -0.15) is 0 Å². The van der Waals surface area contributed by atoms with Crippen LogP contribution in [0.2, 0.25) is 0 Å². The highest BCUT2D eigenvalue weighted by molar-refractivity contribution is 9.10. The van der Waals surface area contributed by atoms with Crippen molar-refractivity contribution in [1.29, 1.82) is 0 Å². The van der Waals surface area contributed by atoms with Gasteiger partial charge in [0.15, 0.2) is 0 Å². The normalized spacial score (nSPS) is 10.0. The maximum absolute atomic E-state index is 4.90. The second kappa shape index (κ2) is 4.43. The van der Waals surface area contributed by atoms with Crippen molar-refractivity contribution < 1.29 is 4.84 Å². The minimum atomic E-state index is 0.530. The van der Waals surface area contributed by atoms with Crippen LogP contribution >= 0.6 is 15.9 Å². The van der Waals surface area contributed by atoms with Gasteiger partial charge in [0.25, 0.3) is 0 Å². The predicted molar refractivity (Wildman–Crippen MR) is 45.8 cm³/mol. The summed E-state index contributed by atoms with van der Waals surface area (Å²) in [6.07, 6.45) is 4.31. The number of pyridine rings is 1. The maximum Gasteiger partial charge on any atom is 0.0720 e. The Bertz CT molecular complexity index is 229. The summed E-state index contributed by atoms with van der Waals surface area (Å²) in [5.41, 5.74) is 1.16. The molecular formula is C7H9BrN2O. The number of nitrogens with two attached hydrogens (primary N) is 1. The molecule has 0 saturated carbocycles. The highest BCUT2D eigenvalue weighted by atomic mass is 79.9. The monoisotopic (exact) mass is 216 g/mol. The van der Waals surface area contributed by atoms with Crippen LogP contribution in [-0.4, -0.2) is 11.6 Å².